The van der Waals surface area contributed by atoms with Gasteiger partial charge < -0.3 is 14.2 Å². The van der Waals surface area contributed by atoms with E-state index in [1.807, 2.05) is 35.2 Å². The van der Waals surface area contributed by atoms with Gasteiger partial charge in [0.15, 0.2) is 0 Å². The molecule has 0 saturated heterocycles. The van der Waals surface area contributed by atoms with Crippen molar-refractivity contribution in [2.24, 2.45) is 5.92 Å². The summed E-state index contributed by atoms with van der Waals surface area (Å²) in [5, 5.41) is 0. The summed E-state index contributed by atoms with van der Waals surface area (Å²) in [7, 11) is 0. The Balaban J connectivity index is 1.72. The highest BCUT2D eigenvalue weighted by molar-refractivity contribution is 5.94. The standard InChI is InChI=1S/C27H34N2O2/c1-4-5-18-31-26-15-13-24(14-16-26)27(30)29(19-22(2)3)21-25-12-9-17-28(25)20-23-10-7-6-8-11-23/h6-17,22H,4-5,18-21H2,1-3H3. The Bertz CT molecular complexity index is 929. The smallest absolute Gasteiger partial charge is 0.254 e. The molecule has 3 rings (SSSR count). The Morgan fingerprint density at radius 1 is 1.00 bits per heavy atom. The fourth-order valence-corrected chi connectivity index (χ4v) is 3.59. The van der Waals surface area contributed by atoms with E-state index in [-0.39, 0.29) is 5.91 Å². The van der Waals surface area contributed by atoms with Gasteiger partial charge in [-0.3, -0.25) is 4.79 Å². The van der Waals surface area contributed by atoms with Crippen LogP contribution in [0.25, 0.3) is 0 Å². The van der Waals surface area contributed by atoms with Crippen molar-refractivity contribution in [3.05, 3.63) is 89.7 Å². The summed E-state index contributed by atoms with van der Waals surface area (Å²) in [5.41, 5.74) is 3.09. The second kappa shape index (κ2) is 11.4. The van der Waals surface area contributed by atoms with Crippen molar-refractivity contribution in [3.8, 4) is 5.75 Å². The molecule has 4 heteroatoms. The summed E-state index contributed by atoms with van der Waals surface area (Å²) < 4.78 is 7.96. The quantitative estimate of drug-likeness (QED) is 0.357. The molecule has 0 atom stereocenters. The van der Waals surface area contributed by atoms with Crippen LogP contribution in [0, 0.1) is 5.92 Å². The van der Waals surface area contributed by atoms with E-state index in [0.29, 0.717) is 31.2 Å². The molecule has 0 aliphatic carbocycles. The predicted molar refractivity (Wildman–Crippen MR) is 126 cm³/mol. The molecule has 4 nitrogen and oxygen atoms in total. The molecule has 0 unspecified atom stereocenters. The first-order chi connectivity index (χ1) is 15.1. The molecule has 0 N–H and O–H groups in total. The monoisotopic (exact) mass is 418 g/mol. The number of amides is 1. The van der Waals surface area contributed by atoms with Gasteiger partial charge >= 0.3 is 0 Å². The second-order valence-corrected chi connectivity index (χ2v) is 8.42. The first kappa shape index (κ1) is 22.7. The largest absolute Gasteiger partial charge is 0.494 e. The number of rotatable bonds is 11. The number of ether oxygens (including phenoxy) is 1. The lowest BCUT2D eigenvalue weighted by atomic mass is 10.1. The van der Waals surface area contributed by atoms with Gasteiger partial charge in [-0.1, -0.05) is 57.5 Å². The summed E-state index contributed by atoms with van der Waals surface area (Å²) in [6.45, 7) is 9.25. The van der Waals surface area contributed by atoms with Crippen LogP contribution in [0.4, 0.5) is 0 Å². The van der Waals surface area contributed by atoms with Crippen molar-refractivity contribution in [1.82, 2.24) is 9.47 Å². The minimum atomic E-state index is 0.0567. The van der Waals surface area contributed by atoms with Gasteiger partial charge in [0.1, 0.15) is 5.75 Å². The van der Waals surface area contributed by atoms with Crippen molar-refractivity contribution in [3.63, 3.8) is 0 Å². The van der Waals surface area contributed by atoms with E-state index in [9.17, 15) is 4.79 Å². The number of carbonyl (C=O) groups excluding carboxylic acids is 1. The molecule has 0 spiro atoms. The zero-order chi connectivity index (χ0) is 22.1. The molecule has 31 heavy (non-hydrogen) atoms. The van der Waals surface area contributed by atoms with Crippen LogP contribution in [0.1, 0.15) is 55.2 Å². The van der Waals surface area contributed by atoms with E-state index >= 15 is 0 Å². The van der Waals surface area contributed by atoms with Gasteiger partial charge in [0.05, 0.1) is 13.2 Å². The average molecular weight is 419 g/mol. The molecule has 1 aromatic heterocycles. The highest BCUT2D eigenvalue weighted by atomic mass is 16.5. The molecule has 164 valence electrons. The molecular weight excluding hydrogens is 384 g/mol. The van der Waals surface area contributed by atoms with Gasteiger partial charge in [-0.05, 0) is 54.3 Å². The Morgan fingerprint density at radius 2 is 1.74 bits per heavy atom. The van der Waals surface area contributed by atoms with Gasteiger partial charge in [0.2, 0.25) is 0 Å². The van der Waals surface area contributed by atoms with Crippen LogP contribution >= 0.6 is 0 Å². The van der Waals surface area contributed by atoms with Crippen LogP contribution in [0.5, 0.6) is 5.75 Å². The van der Waals surface area contributed by atoms with E-state index < -0.39 is 0 Å². The molecule has 2 aromatic carbocycles. The highest BCUT2D eigenvalue weighted by Gasteiger charge is 2.19. The molecule has 0 bridgehead atoms. The number of unbranched alkanes of at least 4 members (excludes halogenated alkanes) is 1. The van der Waals surface area contributed by atoms with Crippen LogP contribution < -0.4 is 4.74 Å². The SMILES string of the molecule is CCCCOc1ccc(C(=O)N(Cc2cccn2Cc2ccccc2)CC(C)C)cc1. The Kier molecular flexibility index (Phi) is 8.34. The molecule has 0 saturated carbocycles. The normalized spacial score (nSPS) is 11.0. The number of hydrogen-bond donors (Lipinski definition) is 0. The van der Waals surface area contributed by atoms with Gasteiger partial charge in [-0.2, -0.15) is 0 Å². The number of hydrogen-bond acceptors (Lipinski definition) is 2. The molecule has 1 heterocycles. The topological polar surface area (TPSA) is 34.5 Å². The lowest BCUT2D eigenvalue weighted by molar-refractivity contribution is 0.0718. The van der Waals surface area contributed by atoms with Crippen molar-refractivity contribution >= 4 is 5.91 Å². The van der Waals surface area contributed by atoms with E-state index in [4.69, 9.17) is 4.74 Å². The summed E-state index contributed by atoms with van der Waals surface area (Å²) in [4.78, 5) is 15.3. The Labute approximate surface area is 186 Å². The Hall–Kier alpha value is -3.01. The fraction of sp³-hybridized carbons (Fsp3) is 0.370. The van der Waals surface area contributed by atoms with E-state index in [1.165, 1.54) is 5.56 Å². The molecule has 0 aliphatic heterocycles. The van der Waals surface area contributed by atoms with Crippen molar-refractivity contribution in [2.75, 3.05) is 13.2 Å². The molecule has 3 aromatic rings. The maximum Gasteiger partial charge on any atom is 0.254 e. The molecular formula is C27H34N2O2. The van der Waals surface area contributed by atoms with E-state index in [0.717, 1.165) is 30.8 Å². The second-order valence-electron chi connectivity index (χ2n) is 8.42. The third-order valence-corrected chi connectivity index (χ3v) is 5.21. The van der Waals surface area contributed by atoms with Crippen LogP contribution in [-0.4, -0.2) is 28.5 Å². The summed E-state index contributed by atoms with van der Waals surface area (Å²) >= 11 is 0. The minimum Gasteiger partial charge on any atom is -0.494 e. The molecule has 0 radical (unpaired) electrons. The lowest BCUT2D eigenvalue weighted by Gasteiger charge is -2.25. The zero-order valence-electron chi connectivity index (χ0n) is 19.0. The Morgan fingerprint density at radius 3 is 2.42 bits per heavy atom. The van der Waals surface area contributed by atoms with Crippen molar-refractivity contribution in [1.29, 1.82) is 0 Å². The van der Waals surface area contributed by atoms with E-state index in [1.54, 1.807) is 0 Å². The minimum absolute atomic E-state index is 0.0567. The van der Waals surface area contributed by atoms with Crippen molar-refractivity contribution in [2.45, 2.75) is 46.7 Å². The van der Waals surface area contributed by atoms with Gasteiger partial charge in [-0.15, -0.1) is 0 Å². The summed E-state index contributed by atoms with van der Waals surface area (Å²) in [5.74, 6) is 1.26. The maximum atomic E-state index is 13.3. The number of aromatic nitrogens is 1. The maximum absolute atomic E-state index is 13.3. The predicted octanol–water partition coefficient (Wildman–Crippen LogP) is 6.01. The third-order valence-electron chi connectivity index (χ3n) is 5.21. The first-order valence-electron chi connectivity index (χ1n) is 11.3. The van der Waals surface area contributed by atoms with Crippen LogP contribution in [0.3, 0.4) is 0 Å². The van der Waals surface area contributed by atoms with Crippen molar-refractivity contribution < 1.29 is 9.53 Å². The fourth-order valence-electron chi connectivity index (χ4n) is 3.59. The first-order valence-corrected chi connectivity index (χ1v) is 11.3. The van der Waals surface area contributed by atoms with Gasteiger partial charge in [0.25, 0.3) is 5.91 Å². The van der Waals surface area contributed by atoms with E-state index in [2.05, 4.69) is 67.9 Å². The number of benzene rings is 2. The summed E-state index contributed by atoms with van der Waals surface area (Å²) in [6, 6.07) is 22.1. The number of nitrogens with zero attached hydrogens (tertiary/aromatic N) is 2. The molecule has 1 amide bonds. The lowest BCUT2D eigenvalue weighted by Crippen LogP contribution is -2.34. The van der Waals surface area contributed by atoms with Crippen LogP contribution in [-0.2, 0) is 13.1 Å². The molecule has 0 aliphatic rings. The van der Waals surface area contributed by atoms with Gasteiger partial charge in [-0.25, -0.2) is 0 Å². The van der Waals surface area contributed by atoms with Crippen LogP contribution in [0.15, 0.2) is 72.9 Å². The molecule has 0 fully saturated rings. The third kappa shape index (κ3) is 6.74. The van der Waals surface area contributed by atoms with Gasteiger partial charge in [0, 0.05) is 30.5 Å². The highest BCUT2D eigenvalue weighted by Crippen LogP contribution is 2.18. The zero-order valence-corrected chi connectivity index (χ0v) is 19.0. The number of carbonyl (C=O) groups is 1. The average Bonchev–Trinajstić information content (AvgIpc) is 3.20. The summed E-state index contributed by atoms with van der Waals surface area (Å²) in [6.07, 6.45) is 4.22. The van der Waals surface area contributed by atoms with Crippen LogP contribution in [0.2, 0.25) is 0 Å².